The largest absolute Gasteiger partial charge is 0.385 e. The van der Waals surface area contributed by atoms with Crippen LogP contribution < -0.4 is 11.1 Å². The molecule has 0 bridgehead atoms. The number of unbranched alkanes of at least 4 members (excludes halogenated alkanes) is 1. The lowest BCUT2D eigenvalue weighted by molar-refractivity contribution is -0.0587. The number of carbonyl (C=O) groups is 1. The van der Waals surface area contributed by atoms with Crippen molar-refractivity contribution in [2.24, 2.45) is 17.6 Å². The van der Waals surface area contributed by atoms with Gasteiger partial charge >= 0.3 is 6.03 Å². The summed E-state index contributed by atoms with van der Waals surface area (Å²) in [6, 6.07) is 4.38. The highest BCUT2D eigenvalue weighted by atomic mass is 35.5. The van der Waals surface area contributed by atoms with E-state index in [4.69, 9.17) is 22.1 Å². The van der Waals surface area contributed by atoms with Crippen molar-refractivity contribution < 1.29 is 19.0 Å². The SMILES string of the molecule is COCCCC[C@@](O)(c1cccc(Cl)c1F)[C@@H]1CCCN(C(=O)N[C@@H](C)[C@H](N)CC2CCCCC2)C1. The molecule has 1 saturated carbocycles. The molecule has 0 unspecified atom stereocenters. The first-order chi connectivity index (χ1) is 17.3. The molecule has 1 aliphatic carbocycles. The molecule has 2 aliphatic rings. The predicted octanol–water partition coefficient (Wildman–Crippen LogP) is 5.59. The minimum absolute atomic E-state index is 0.00555. The Morgan fingerprint density at radius 2 is 2.03 bits per heavy atom. The van der Waals surface area contributed by atoms with Crippen molar-refractivity contribution in [2.75, 3.05) is 26.8 Å². The average Bonchev–Trinajstić information content (AvgIpc) is 2.88. The van der Waals surface area contributed by atoms with E-state index in [1.54, 1.807) is 24.1 Å². The molecule has 4 atom stereocenters. The van der Waals surface area contributed by atoms with Gasteiger partial charge < -0.3 is 25.8 Å². The third-order valence-electron chi connectivity index (χ3n) is 8.28. The number of nitrogens with zero attached hydrogens (tertiary/aromatic N) is 1. The predicted molar refractivity (Wildman–Crippen MR) is 142 cm³/mol. The number of carbonyl (C=O) groups excluding carboxylic acids is 1. The molecule has 0 radical (unpaired) electrons. The van der Waals surface area contributed by atoms with Crippen molar-refractivity contribution in [3.05, 3.63) is 34.6 Å². The third-order valence-corrected chi connectivity index (χ3v) is 8.57. The first-order valence-corrected chi connectivity index (χ1v) is 14.1. The molecule has 36 heavy (non-hydrogen) atoms. The number of urea groups is 1. The number of nitrogens with two attached hydrogens (primary N) is 1. The Morgan fingerprint density at radius 3 is 2.75 bits per heavy atom. The maximum absolute atomic E-state index is 15.1. The fourth-order valence-electron chi connectivity index (χ4n) is 5.99. The van der Waals surface area contributed by atoms with Gasteiger partial charge in [-0.2, -0.15) is 0 Å². The van der Waals surface area contributed by atoms with Gasteiger partial charge in [0.1, 0.15) is 5.82 Å². The van der Waals surface area contributed by atoms with Crippen molar-refractivity contribution in [3.8, 4) is 0 Å². The molecule has 204 valence electrons. The molecule has 1 aromatic carbocycles. The van der Waals surface area contributed by atoms with Crippen LogP contribution in [-0.2, 0) is 10.3 Å². The number of likely N-dealkylation sites (tertiary alicyclic amines) is 1. The van der Waals surface area contributed by atoms with E-state index in [1.807, 2.05) is 6.92 Å². The number of rotatable bonds is 11. The lowest BCUT2D eigenvalue weighted by Gasteiger charge is -2.43. The second-order valence-corrected chi connectivity index (χ2v) is 11.3. The van der Waals surface area contributed by atoms with Crippen LogP contribution in [0.25, 0.3) is 0 Å². The molecule has 6 nitrogen and oxygen atoms in total. The summed E-state index contributed by atoms with van der Waals surface area (Å²) in [5.74, 6) is -0.246. The number of ether oxygens (including phenoxy) is 1. The Balaban J connectivity index is 1.67. The fourth-order valence-corrected chi connectivity index (χ4v) is 6.17. The topological polar surface area (TPSA) is 87.8 Å². The normalized spacial score (nSPS) is 22.6. The molecule has 2 fully saturated rings. The smallest absolute Gasteiger partial charge is 0.317 e. The van der Waals surface area contributed by atoms with Crippen LogP contribution in [0.15, 0.2) is 18.2 Å². The zero-order valence-corrected chi connectivity index (χ0v) is 22.7. The van der Waals surface area contributed by atoms with Crippen molar-refractivity contribution in [1.82, 2.24) is 10.2 Å². The molecule has 0 spiro atoms. The highest BCUT2D eigenvalue weighted by molar-refractivity contribution is 6.30. The third kappa shape index (κ3) is 7.56. The molecule has 8 heteroatoms. The van der Waals surface area contributed by atoms with Gasteiger partial charge in [-0.1, -0.05) is 55.8 Å². The summed E-state index contributed by atoms with van der Waals surface area (Å²) in [4.78, 5) is 15.0. The molecule has 2 amide bonds. The van der Waals surface area contributed by atoms with Gasteiger partial charge in [0, 0.05) is 50.4 Å². The Morgan fingerprint density at radius 1 is 1.28 bits per heavy atom. The van der Waals surface area contributed by atoms with Crippen LogP contribution in [0.4, 0.5) is 9.18 Å². The van der Waals surface area contributed by atoms with E-state index in [1.165, 1.54) is 38.2 Å². The molecule has 3 rings (SSSR count). The number of methoxy groups -OCH3 is 1. The molecule has 4 N–H and O–H groups in total. The van der Waals surface area contributed by atoms with Crippen LogP contribution in [0, 0.1) is 17.7 Å². The van der Waals surface area contributed by atoms with Crippen molar-refractivity contribution in [3.63, 3.8) is 0 Å². The summed E-state index contributed by atoms with van der Waals surface area (Å²) < 4.78 is 20.3. The molecule has 1 aliphatic heterocycles. The zero-order valence-electron chi connectivity index (χ0n) is 22.0. The highest BCUT2D eigenvalue weighted by Gasteiger charge is 2.43. The minimum atomic E-state index is -1.43. The summed E-state index contributed by atoms with van der Waals surface area (Å²) in [6.07, 6.45) is 10.5. The standard InChI is InChI=1S/C28H45ClFN3O3/c1-20(25(31)18-21-10-4-3-5-11-21)32-27(34)33-16-9-12-22(19-33)28(35,15-6-7-17-36-2)23-13-8-14-24(29)26(23)30/h8,13-14,20-22,25,35H,3-7,9-12,15-19,31H2,1-2H3,(H,32,34)/t20-,22+,25+,28-/m0/s1. The van der Waals surface area contributed by atoms with E-state index in [-0.39, 0.29) is 34.6 Å². The molecular weight excluding hydrogens is 481 g/mol. The summed E-state index contributed by atoms with van der Waals surface area (Å²) in [5.41, 5.74) is 5.26. The van der Waals surface area contributed by atoms with Crippen LogP contribution in [0.5, 0.6) is 0 Å². The van der Waals surface area contributed by atoms with Gasteiger partial charge in [0.05, 0.1) is 10.6 Å². The van der Waals surface area contributed by atoms with Crippen molar-refractivity contribution >= 4 is 17.6 Å². The van der Waals surface area contributed by atoms with Crippen LogP contribution in [0.3, 0.4) is 0 Å². The summed E-state index contributed by atoms with van der Waals surface area (Å²) in [5, 5.41) is 15.0. The van der Waals surface area contributed by atoms with E-state index in [2.05, 4.69) is 5.32 Å². The minimum Gasteiger partial charge on any atom is -0.385 e. The molecular formula is C28H45ClFN3O3. The Bertz CT molecular complexity index is 838. The first-order valence-electron chi connectivity index (χ1n) is 13.7. The van der Waals surface area contributed by atoms with Crippen LogP contribution in [0.1, 0.15) is 83.1 Å². The van der Waals surface area contributed by atoms with Gasteiger partial charge in [-0.15, -0.1) is 0 Å². The summed E-state index contributed by atoms with van der Waals surface area (Å²) >= 11 is 6.09. The number of amides is 2. The van der Waals surface area contributed by atoms with Gasteiger partial charge in [0.15, 0.2) is 0 Å². The van der Waals surface area contributed by atoms with Crippen LogP contribution >= 0.6 is 11.6 Å². The molecule has 0 aromatic heterocycles. The van der Waals surface area contributed by atoms with Gasteiger partial charge in [-0.05, 0) is 57.4 Å². The number of aliphatic hydroxyl groups is 1. The lowest BCUT2D eigenvalue weighted by atomic mass is 9.74. The van der Waals surface area contributed by atoms with E-state index in [0.29, 0.717) is 44.9 Å². The second-order valence-electron chi connectivity index (χ2n) is 10.9. The van der Waals surface area contributed by atoms with E-state index in [0.717, 1.165) is 19.3 Å². The van der Waals surface area contributed by atoms with Crippen LogP contribution in [-0.4, -0.2) is 54.9 Å². The first kappa shape index (κ1) is 29.2. The highest BCUT2D eigenvalue weighted by Crippen LogP contribution is 2.42. The van der Waals surface area contributed by atoms with Crippen molar-refractivity contribution in [2.45, 2.75) is 95.2 Å². The fraction of sp³-hybridized carbons (Fsp3) is 0.750. The maximum Gasteiger partial charge on any atom is 0.317 e. The summed E-state index contributed by atoms with van der Waals surface area (Å²) in [6.45, 7) is 3.50. The number of benzene rings is 1. The summed E-state index contributed by atoms with van der Waals surface area (Å²) in [7, 11) is 1.64. The monoisotopic (exact) mass is 525 g/mol. The molecule has 1 saturated heterocycles. The van der Waals surface area contributed by atoms with Gasteiger partial charge in [0.25, 0.3) is 0 Å². The molecule has 1 aromatic rings. The van der Waals surface area contributed by atoms with Gasteiger partial charge in [-0.3, -0.25) is 0 Å². The van der Waals surface area contributed by atoms with E-state index in [9.17, 15) is 9.90 Å². The zero-order chi connectivity index (χ0) is 26.1. The molecule has 1 heterocycles. The van der Waals surface area contributed by atoms with Gasteiger partial charge in [-0.25, -0.2) is 9.18 Å². The van der Waals surface area contributed by atoms with Gasteiger partial charge in [0.2, 0.25) is 0 Å². The number of nitrogens with one attached hydrogen (secondary N) is 1. The number of halogens is 2. The second kappa shape index (κ2) is 13.9. The number of hydrogen-bond acceptors (Lipinski definition) is 4. The number of piperidine rings is 1. The van der Waals surface area contributed by atoms with E-state index >= 15 is 4.39 Å². The van der Waals surface area contributed by atoms with Crippen LogP contribution in [0.2, 0.25) is 5.02 Å². The lowest BCUT2D eigenvalue weighted by Crippen LogP contribution is -2.55. The Hall–Kier alpha value is -1.41. The Labute approximate surface area is 221 Å². The quantitative estimate of drug-likeness (QED) is 0.328. The maximum atomic E-state index is 15.1. The van der Waals surface area contributed by atoms with E-state index < -0.39 is 11.4 Å². The Kier molecular flexibility index (Phi) is 11.3. The average molecular weight is 526 g/mol. The number of hydrogen-bond donors (Lipinski definition) is 3. The van der Waals surface area contributed by atoms with Crippen molar-refractivity contribution in [1.29, 1.82) is 0 Å².